The van der Waals surface area contributed by atoms with Crippen molar-refractivity contribution in [1.82, 2.24) is 9.78 Å². The highest BCUT2D eigenvalue weighted by atomic mass is 19.4. The molecule has 0 amide bonds. The Bertz CT molecular complexity index is 662. The number of ether oxygens (including phenoxy) is 1. The van der Waals surface area contributed by atoms with E-state index in [4.69, 9.17) is 4.74 Å². The van der Waals surface area contributed by atoms with Crippen molar-refractivity contribution in [3.63, 3.8) is 0 Å². The van der Waals surface area contributed by atoms with Gasteiger partial charge in [-0.25, -0.2) is 0 Å². The lowest BCUT2D eigenvalue weighted by Crippen LogP contribution is -2.09. The second-order valence-electron chi connectivity index (χ2n) is 4.48. The zero-order valence-corrected chi connectivity index (χ0v) is 11.4. The van der Waals surface area contributed by atoms with Crippen LogP contribution in [-0.4, -0.2) is 22.7 Å². The van der Waals surface area contributed by atoms with Crippen molar-refractivity contribution in [2.75, 3.05) is 7.11 Å². The summed E-state index contributed by atoms with van der Waals surface area (Å²) >= 11 is 0. The van der Waals surface area contributed by atoms with Crippen LogP contribution < -0.4 is 4.74 Å². The second kappa shape index (κ2) is 5.59. The van der Waals surface area contributed by atoms with Gasteiger partial charge < -0.3 is 4.74 Å². The average molecular weight is 298 g/mol. The molecular weight excluding hydrogens is 285 g/mol. The number of alkyl halides is 3. The van der Waals surface area contributed by atoms with Gasteiger partial charge in [-0.2, -0.15) is 18.3 Å². The van der Waals surface area contributed by atoms with Crippen LogP contribution in [0.5, 0.6) is 5.75 Å². The summed E-state index contributed by atoms with van der Waals surface area (Å²) in [5, 5.41) is 3.48. The third-order valence-electron chi connectivity index (χ3n) is 2.95. The predicted octanol–water partition coefficient (Wildman–Crippen LogP) is 3.16. The molecule has 0 saturated heterocycles. The third-order valence-corrected chi connectivity index (χ3v) is 2.95. The predicted molar refractivity (Wildman–Crippen MR) is 69.3 cm³/mol. The molecule has 1 aromatic carbocycles. The van der Waals surface area contributed by atoms with Gasteiger partial charge in [0.05, 0.1) is 13.7 Å². The van der Waals surface area contributed by atoms with Gasteiger partial charge in [-0.15, -0.1) is 0 Å². The number of hydrogen-bond acceptors (Lipinski definition) is 3. The Hall–Kier alpha value is -2.31. The summed E-state index contributed by atoms with van der Waals surface area (Å²) < 4.78 is 43.8. The lowest BCUT2D eigenvalue weighted by atomic mass is 10.1. The number of carbonyl (C=O) groups is 1. The largest absolute Gasteiger partial charge is 0.496 e. The van der Waals surface area contributed by atoms with E-state index in [1.165, 1.54) is 20.2 Å². The van der Waals surface area contributed by atoms with Gasteiger partial charge in [-0.05, 0) is 31.2 Å². The van der Waals surface area contributed by atoms with E-state index in [1.54, 1.807) is 18.2 Å². The minimum Gasteiger partial charge on any atom is -0.496 e. The maximum absolute atomic E-state index is 12.5. The van der Waals surface area contributed by atoms with Gasteiger partial charge >= 0.3 is 6.18 Å². The zero-order valence-electron chi connectivity index (χ0n) is 11.4. The first-order valence-corrected chi connectivity index (χ1v) is 6.10. The highest BCUT2D eigenvalue weighted by Gasteiger charge is 2.33. The lowest BCUT2D eigenvalue weighted by Gasteiger charge is -2.10. The summed E-state index contributed by atoms with van der Waals surface area (Å²) in [6.07, 6.45) is -3.24. The number of methoxy groups -OCH3 is 1. The SMILES string of the molecule is COc1ccc(C(C)=O)cc1Cn1ccc(C(F)(F)F)n1. The molecule has 0 unspecified atom stereocenters. The van der Waals surface area contributed by atoms with Crippen LogP contribution in [0.15, 0.2) is 30.5 Å². The van der Waals surface area contributed by atoms with E-state index in [0.717, 1.165) is 10.7 Å². The molecule has 4 nitrogen and oxygen atoms in total. The van der Waals surface area contributed by atoms with Crippen molar-refractivity contribution < 1.29 is 22.7 Å². The van der Waals surface area contributed by atoms with Gasteiger partial charge in [-0.3, -0.25) is 9.48 Å². The number of halogens is 3. The standard InChI is InChI=1S/C14H13F3N2O2/c1-9(20)10-3-4-12(21-2)11(7-10)8-19-6-5-13(18-19)14(15,16)17/h3-7H,8H2,1-2H3. The molecule has 0 aliphatic rings. The first kappa shape index (κ1) is 15.1. The third kappa shape index (κ3) is 3.42. The first-order chi connectivity index (χ1) is 9.81. The van der Waals surface area contributed by atoms with Crippen molar-refractivity contribution >= 4 is 5.78 Å². The Balaban J connectivity index is 2.32. The Morgan fingerprint density at radius 3 is 2.57 bits per heavy atom. The van der Waals surface area contributed by atoms with E-state index in [0.29, 0.717) is 16.9 Å². The first-order valence-electron chi connectivity index (χ1n) is 6.10. The van der Waals surface area contributed by atoms with Crippen LogP contribution in [-0.2, 0) is 12.7 Å². The molecule has 2 aromatic rings. The molecule has 2 rings (SSSR count). The van der Waals surface area contributed by atoms with Crippen molar-refractivity contribution in [2.45, 2.75) is 19.6 Å². The maximum atomic E-state index is 12.5. The van der Waals surface area contributed by atoms with Crippen LogP contribution in [0.2, 0.25) is 0 Å². The topological polar surface area (TPSA) is 44.1 Å². The summed E-state index contributed by atoms with van der Waals surface area (Å²) in [5.41, 5.74) is 0.0974. The molecule has 0 atom stereocenters. The molecule has 0 saturated carbocycles. The molecule has 1 aromatic heterocycles. The van der Waals surface area contributed by atoms with Gasteiger partial charge in [0, 0.05) is 17.3 Å². The molecule has 7 heteroatoms. The van der Waals surface area contributed by atoms with Gasteiger partial charge in [0.15, 0.2) is 11.5 Å². The van der Waals surface area contributed by atoms with Gasteiger partial charge in [0.2, 0.25) is 0 Å². The molecule has 0 aliphatic carbocycles. The van der Waals surface area contributed by atoms with Crippen LogP contribution in [0.4, 0.5) is 13.2 Å². The smallest absolute Gasteiger partial charge is 0.435 e. The number of rotatable bonds is 4. The quantitative estimate of drug-likeness (QED) is 0.814. The molecule has 0 bridgehead atoms. The molecule has 0 fully saturated rings. The van der Waals surface area contributed by atoms with Crippen LogP contribution in [0, 0.1) is 0 Å². The normalized spacial score (nSPS) is 11.5. The van der Waals surface area contributed by atoms with E-state index in [2.05, 4.69) is 5.10 Å². The van der Waals surface area contributed by atoms with Crippen molar-refractivity contribution in [2.24, 2.45) is 0 Å². The van der Waals surface area contributed by atoms with Crippen LogP contribution in [0.25, 0.3) is 0 Å². The fourth-order valence-corrected chi connectivity index (χ4v) is 1.90. The van der Waals surface area contributed by atoms with E-state index < -0.39 is 11.9 Å². The molecule has 0 aliphatic heterocycles. The Kier molecular flexibility index (Phi) is 4.02. The average Bonchev–Trinajstić information content (AvgIpc) is 2.87. The molecule has 21 heavy (non-hydrogen) atoms. The van der Waals surface area contributed by atoms with Gasteiger partial charge in [0.25, 0.3) is 0 Å². The summed E-state index contributed by atoms with van der Waals surface area (Å²) in [4.78, 5) is 11.4. The summed E-state index contributed by atoms with van der Waals surface area (Å²) in [7, 11) is 1.45. The Morgan fingerprint density at radius 2 is 2.05 bits per heavy atom. The molecule has 1 heterocycles. The van der Waals surface area contributed by atoms with Crippen molar-refractivity contribution in [3.05, 3.63) is 47.3 Å². The number of aromatic nitrogens is 2. The minimum atomic E-state index is -4.48. The van der Waals surface area contributed by atoms with Crippen LogP contribution in [0.1, 0.15) is 28.5 Å². The summed E-state index contributed by atoms with van der Waals surface area (Å²) in [5.74, 6) is 0.361. The van der Waals surface area contributed by atoms with E-state index >= 15 is 0 Å². The highest BCUT2D eigenvalue weighted by Crippen LogP contribution is 2.28. The van der Waals surface area contributed by atoms with Crippen LogP contribution in [0.3, 0.4) is 0 Å². The molecule has 112 valence electrons. The number of benzene rings is 1. The summed E-state index contributed by atoms with van der Waals surface area (Å²) in [6.45, 7) is 1.50. The zero-order chi connectivity index (χ0) is 15.6. The monoisotopic (exact) mass is 298 g/mol. The van der Waals surface area contributed by atoms with E-state index in [1.807, 2.05) is 0 Å². The number of ketones is 1. The summed E-state index contributed by atoms with van der Waals surface area (Å²) in [6, 6.07) is 5.71. The molecule has 0 radical (unpaired) electrons. The number of nitrogens with zero attached hydrogens (tertiary/aromatic N) is 2. The Morgan fingerprint density at radius 1 is 1.33 bits per heavy atom. The second-order valence-corrected chi connectivity index (χ2v) is 4.48. The molecule has 0 spiro atoms. The Labute approximate surface area is 119 Å². The lowest BCUT2D eigenvalue weighted by molar-refractivity contribution is -0.141. The molecule has 0 N–H and O–H groups in total. The number of Topliss-reactive ketones (excluding diaryl/α,β-unsaturated/α-hetero) is 1. The minimum absolute atomic E-state index is 0.0837. The highest BCUT2D eigenvalue weighted by molar-refractivity contribution is 5.94. The van der Waals surface area contributed by atoms with Crippen LogP contribution >= 0.6 is 0 Å². The number of carbonyl (C=O) groups excluding carboxylic acids is 1. The van der Waals surface area contributed by atoms with E-state index in [-0.39, 0.29) is 12.3 Å². The fraction of sp³-hybridized carbons (Fsp3) is 0.286. The maximum Gasteiger partial charge on any atom is 0.435 e. The fourth-order valence-electron chi connectivity index (χ4n) is 1.90. The van der Waals surface area contributed by atoms with Gasteiger partial charge in [0.1, 0.15) is 5.75 Å². The molecular formula is C14H13F3N2O2. The van der Waals surface area contributed by atoms with Crippen molar-refractivity contribution in [3.8, 4) is 5.75 Å². The van der Waals surface area contributed by atoms with E-state index in [9.17, 15) is 18.0 Å². The number of hydrogen-bond donors (Lipinski definition) is 0. The van der Waals surface area contributed by atoms with Crippen molar-refractivity contribution in [1.29, 1.82) is 0 Å². The van der Waals surface area contributed by atoms with Gasteiger partial charge in [-0.1, -0.05) is 0 Å².